The maximum atomic E-state index is 12.2. The first-order valence-electron chi connectivity index (χ1n) is 8.54. The van der Waals surface area contributed by atoms with Crippen molar-refractivity contribution >= 4 is 6.03 Å². The van der Waals surface area contributed by atoms with Crippen molar-refractivity contribution in [1.82, 2.24) is 20.2 Å². The van der Waals surface area contributed by atoms with Gasteiger partial charge in [0.05, 0.1) is 25.6 Å². The lowest BCUT2D eigenvalue weighted by atomic mass is 10.1. The Kier molecular flexibility index (Phi) is 5.42. The van der Waals surface area contributed by atoms with Crippen molar-refractivity contribution in [3.8, 4) is 11.5 Å². The largest absolute Gasteiger partial charge is 0.490 e. The minimum absolute atomic E-state index is 0.00909. The first-order chi connectivity index (χ1) is 12.1. The van der Waals surface area contributed by atoms with Crippen LogP contribution in [0.4, 0.5) is 4.79 Å². The molecular formula is C18H24N4O3. The summed E-state index contributed by atoms with van der Waals surface area (Å²) in [7, 11) is 0. The van der Waals surface area contributed by atoms with Gasteiger partial charge in [0.25, 0.3) is 0 Å². The van der Waals surface area contributed by atoms with Crippen LogP contribution in [0.5, 0.6) is 11.5 Å². The van der Waals surface area contributed by atoms with Crippen LogP contribution in [0, 0.1) is 0 Å². The van der Waals surface area contributed by atoms with E-state index in [1.54, 1.807) is 12.5 Å². The lowest BCUT2D eigenvalue weighted by Gasteiger charge is -2.19. The molecule has 2 heterocycles. The smallest absolute Gasteiger partial charge is 0.315 e. The highest BCUT2D eigenvalue weighted by molar-refractivity contribution is 5.74. The SMILES string of the molecule is CC(Cn1ccnc1)NC(=O)NC(C)c1ccc2c(c1)OCCCO2. The molecule has 0 saturated heterocycles. The minimum atomic E-state index is -0.202. The molecule has 1 aliphatic heterocycles. The van der Waals surface area contributed by atoms with Gasteiger partial charge in [0, 0.05) is 31.4 Å². The van der Waals surface area contributed by atoms with Crippen LogP contribution in [-0.2, 0) is 6.54 Å². The summed E-state index contributed by atoms with van der Waals surface area (Å²) in [5.74, 6) is 1.49. The average molecular weight is 344 g/mol. The Balaban J connectivity index is 1.55. The van der Waals surface area contributed by atoms with Gasteiger partial charge in [0.2, 0.25) is 0 Å². The second-order valence-corrected chi connectivity index (χ2v) is 6.26. The highest BCUT2D eigenvalue weighted by Gasteiger charge is 2.16. The van der Waals surface area contributed by atoms with Crippen LogP contribution < -0.4 is 20.1 Å². The maximum absolute atomic E-state index is 12.2. The number of hydrogen-bond acceptors (Lipinski definition) is 4. The molecule has 2 aromatic rings. The molecule has 3 rings (SSSR count). The summed E-state index contributed by atoms with van der Waals surface area (Å²) in [6.07, 6.45) is 6.20. The third-order valence-electron chi connectivity index (χ3n) is 4.04. The van der Waals surface area contributed by atoms with E-state index in [1.807, 2.05) is 42.8 Å². The Bertz CT molecular complexity index is 702. The van der Waals surface area contributed by atoms with Gasteiger partial charge in [-0.15, -0.1) is 0 Å². The average Bonchev–Trinajstić information content (AvgIpc) is 2.96. The first-order valence-corrected chi connectivity index (χ1v) is 8.54. The van der Waals surface area contributed by atoms with Gasteiger partial charge in [-0.2, -0.15) is 0 Å². The van der Waals surface area contributed by atoms with Crippen molar-refractivity contribution in [2.75, 3.05) is 13.2 Å². The third-order valence-corrected chi connectivity index (χ3v) is 4.04. The molecule has 0 fully saturated rings. The highest BCUT2D eigenvalue weighted by atomic mass is 16.5. The first kappa shape index (κ1) is 17.1. The van der Waals surface area contributed by atoms with E-state index in [1.165, 1.54) is 0 Å². The highest BCUT2D eigenvalue weighted by Crippen LogP contribution is 2.32. The standard InChI is InChI=1S/C18H24N4O3/c1-13(11-22-7-6-19-12-22)20-18(23)21-14(2)15-4-5-16-17(10-15)25-9-3-8-24-16/h4-7,10,12-14H,3,8-9,11H2,1-2H3,(H2,20,21,23). The number of urea groups is 1. The summed E-state index contributed by atoms with van der Waals surface area (Å²) in [6, 6.07) is 5.43. The number of carbonyl (C=O) groups is 1. The summed E-state index contributed by atoms with van der Waals surface area (Å²) in [5.41, 5.74) is 0.974. The number of benzene rings is 1. The van der Waals surface area contributed by atoms with E-state index in [-0.39, 0.29) is 18.1 Å². The molecule has 0 aliphatic carbocycles. The fourth-order valence-corrected chi connectivity index (χ4v) is 2.75. The summed E-state index contributed by atoms with van der Waals surface area (Å²) in [5, 5.41) is 5.89. The molecule has 2 atom stereocenters. The number of amides is 2. The Hall–Kier alpha value is -2.70. The predicted octanol–water partition coefficient (Wildman–Crippen LogP) is 2.49. The van der Waals surface area contributed by atoms with Crippen molar-refractivity contribution in [3.63, 3.8) is 0 Å². The molecule has 2 unspecified atom stereocenters. The van der Waals surface area contributed by atoms with E-state index < -0.39 is 0 Å². The van der Waals surface area contributed by atoms with E-state index in [4.69, 9.17) is 9.47 Å². The molecule has 0 radical (unpaired) electrons. The third kappa shape index (κ3) is 4.65. The summed E-state index contributed by atoms with van der Waals surface area (Å²) >= 11 is 0. The van der Waals surface area contributed by atoms with Crippen molar-refractivity contribution in [3.05, 3.63) is 42.5 Å². The van der Waals surface area contributed by atoms with Gasteiger partial charge in [-0.05, 0) is 31.5 Å². The van der Waals surface area contributed by atoms with E-state index in [0.717, 1.165) is 23.5 Å². The molecule has 7 nitrogen and oxygen atoms in total. The lowest BCUT2D eigenvalue weighted by Crippen LogP contribution is -2.43. The Labute approximate surface area is 147 Å². The van der Waals surface area contributed by atoms with Gasteiger partial charge in [-0.25, -0.2) is 9.78 Å². The lowest BCUT2D eigenvalue weighted by molar-refractivity contribution is 0.233. The number of imidazole rings is 1. The van der Waals surface area contributed by atoms with Crippen molar-refractivity contribution < 1.29 is 14.3 Å². The molecule has 2 N–H and O–H groups in total. The minimum Gasteiger partial charge on any atom is -0.490 e. The number of fused-ring (bicyclic) bond motifs is 1. The Morgan fingerprint density at radius 1 is 1.24 bits per heavy atom. The molecule has 25 heavy (non-hydrogen) atoms. The zero-order valence-corrected chi connectivity index (χ0v) is 14.6. The molecule has 7 heteroatoms. The number of rotatable bonds is 5. The van der Waals surface area contributed by atoms with E-state index in [9.17, 15) is 4.79 Å². The summed E-state index contributed by atoms with van der Waals surface area (Å²) in [4.78, 5) is 16.2. The van der Waals surface area contributed by atoms with Crippen molar-refractivity contribution in [1.29, 1.82) is 0 Å². The van der Waals surface area contributed by atoms with E-state index >= 15 is 0 Å². The Morgan fingerprint density at radius 3 is 2.80 bits per heavy atom. The number of nitrogens with one attached hydrogen (secondary N) is 2. The number of nitrogens with zero attached hydrogens (tertiary/aromatic N) is 2. The molecule has 1 aliphatic rings. The molecule has 134 valence electrons. The van der Waals surface area contributed by atoms with Gasteiger partial charge < -0.3 is 24.7 Å². The van der Waals surface area contributed by atoms with Gasteiger partial charge in [-0.1, -0.05) is 6.07 Å². The second-order valence-electron chi connectivity index (χ2n) is 6.26. The van der Waals surface area contributed by atoms with E-state index in [0.29, 0.717) is 19.8 Å². The van der Waals surface area contributed by atoms with Crippen molar-refractivity contribution in [2.24, 2.45) is 0 Å². The van der Waals surface area contributed by atoms with Crippen LogP contribution in [0.15, 0.2) is 36.9 Å². The molecule has 0 bridgehead atoms. The van der Waals surface area contributed by atoms with Crippen LogP contribution >= 0.6 is 0 Å². The molecule has 2 amide bonds. The van der Waals surface area contributed by atoms with Crippen LogP contribution in [-0.4, -0.2) is 34.8 Å². The molecule has 1 aromatic heterocycles. The molecule has 0 saturated carbocycles. The summed E-state index contributed by atoms with van der Waals surface area (Å²) < 4.78 is 13.3. The second kappa shape index (κ2) is 7.92. The number of carbonyl (C=O) groups excluding carboxylic acids is 1. The monoisotopic (exact) mass is 344 g/mol. The fraction of sp³-hybridized carbons (Fsp3) is 0.444. The summed E-state index contributed by atoms with van der Waals surface area (Å²) in [6.45, 7) is 5.88. The van der Waals surface area contributed by atoms with Gasteiger partial charge >= 0.3 is 6.03 Å². The fourth-order valence-electron chi connectivity index (χ4n) is 2.75. The normalized spacial score (nSPS) is 15.8. The molecule has 1 aromatic carbocycles. The van der Waals surface area contributed by atoms with Crippen molar-refractivity contribution in [2.45, 2.75) is 38.9 Å². The maximum Gasteiger partial charge on any atom is 0.315 e. The molecule has 0 spiro atoms. The predicted molar refractivity (Wildman–Crippen MR) is 93.8 cm³/mol. The Morgan fingerprint density at radius 2 is 2.04 bits per heavy atom. The zero-order valence-electron chi connectivity index (χ0n) is 14.6. The van der Waals surface area contributed by atoms with Crippen LogP contribution in [0.3, 0.4) is 0 Å². The van der Waals surface area contributed by atoms with Gasteiger partial charge in [-0.3, -0.25) is 0 Å². The van der Waals surface area contributed by atoms with Crippen LogP contribution in [0.2, 0.25) is 0 Å². The van der Waals surface area contributed by atoms with Gasteiger partial charge in [0.15, 0.2) is 11.5 Å². The topological polar surface area (TPSA) is 77.4 Å². The van der Waals surface area contributed by atoms with E-state index in [2.05, 4.69) is 15.6 Å². The molecular weight excluding hydrogens is 320 g/mol. The number of ether oxygens (including phenoxy) is 2. The quantitative estimate of drug-likeness (QED) is 0.874. The van der Waals surface area contributed by atoms with Crippen LogP contribution in [0.1, 0.15) is 31.9 Å². The zero-order chi connectivity index (χ0) is 17.6. The number of hydrogen-bond donors (Lipinski definition) is 2. The van der Waals surface area contributed by atoms with Crippen LogP contribution in [0.25, 0.3) is 0 Å². The van der Waals surface area contributed by atoms with Gasteiger partial charge in [0.1, 0.15) is 0 Å². The number of aromatic nitrogens is 2.